The minimum absolute atomic E-state index is 0.00272. The molecule has 0 amide bonds. The predicted molar refractivity (Wildman–Crippen MR) is 78.0 cm³/mol. The lowest BCUT2D eigenvalue weighted by Crippen LogP contribution is -1.99. The van der Waals surface area contributed by atoms with Crippen LogP contribution in [0.3, 0.4) is 0 Å². The van der Waals surface area contributed by atoms with Crippen LogP contribution in [0.5, 0.6) is 5.75 Å². The van der Waals surface area contributed by atoms with E-state index in [0.29, 0.717) is 5.02 Å². The number of hydrogen-bond acceptors (Lipinski definition) is 2. The molecule has 104 valence electrons. The number of ether oxygens (including phenoxy) is 1. The first-order chi connectivity index (χ1) is 8.92. The van der Waals surface area contributed by atoms with Crippen LogP contribution < -0.4 is 4.74 Å². The van der Waals surface area contributed by atoms with Gasteiger partial charge in [0, 0.05) is 10.6 Å². The van der Waals surface area contributed by atoms with Gasteiger partial charge in [-0.3, -0.25) is 4.79 Å². The summed E-state index contributed by atoms with van der Waals surface area (Å²) in [5.74, 6) is -0.112. The Morgan fingerprint density at radius 3 is 2.58 bits per heavy atom. The van der Waals surface area contributed by atoms with Gasteiger partial charge in [-0.1, -0.05) is 24.6 Å². The molecule has 1 N–H and O–H groups in total. The maximum atomic E-state index is 10.7. The highest BCUT2D eigenvalue weighted by Gasteiger charge is 2.15. The Hall–Kier alpha value is -1.48. The lowest BCUT2D eigenvalue weighted by Gasteiger charge is -2.17. The van der Waals surface area contributed by atoms with Crippen LogP contribution in [0.25, 0.3) is 5.57 Å². The number of carbonyl (C=O) groups is 1. The molecular formula is C15H19ClO3. The number of benzene rings is 1. The van der Waals surface area contributed by atoms with Gasteiger partial charge in [0.25, 0.3) is 0 Å². The van der Waals surface area contributed by atoms with E-state index in [0.717, 1.165) is 34.4 Å². The van der Waals surface area contributed by atoms with Gasteiger partial charge in [0.15, 0.2) is 0 Å². The van der Waals surface area contributed by atoms with Gasteiger partial charge >= 0.3 is 5.97 Å². The first-order valence-corrected chi connectivity index (χ1v) is 6.55. The minimum atomic E-state index is -0.847. The summed E-state index contributed by atoms with van der Waals surface area (Å²) < 4.78 is 5.40. The molecular weight excluding hydrogens is 264 g/mol. The number of carboxylic acids is 1. The summed E-state index contributed by atoms with van der Waals surface area (Å²) >= 11 is 6.28. The van der Waals surface area contributed by atoms with E-state index >= 15 is 0 Å². The number of aliphatic carboxylic acids is 1. The summed E-state index contributed by atoms with van der Waals surface area (Å²) in [6, 6.07) is 1.88. The van der Waals surface area contributed by atoms with Gasteiger partial charge in [-0.2, -0.15) is 0 Å². The quantitative estimate of drug-likeness (QED) is 0.879. The van der Waals surface area contributed by atoms with Crippen molar-refractivity contribution in [2.24, 2.45) is 0 Å². The standard InChI is InChI=1S/C15H19ClO3/c1-5-11(6-7-13(17)18)14-10(3)15(16)9(2)8-12(14)19-4/h6,8H,5,7H2,1-4H3,(H,17,18)/b11-6+. The third-order valence-electron chi connectivity index (χ3n) is 3.09. The third kappa shape index (κ3) is 3.51. The van der Waals surface area contributed by atoms with Crippen molar-refractivity contribution in [3.63, 3.8) is 0 Å². The predicted octanol–water partition coefficient (Wildman–Crippen LogP) is 4.23. The average molecular weight is 283 g/mol. The summed E-state index contributed by atoms with van der Waals surface area (Å²) in [7, 11) is 1.61. The second kappa shape index (κ2) is 6.62. The Bertz CT molecular complexity index is 519. The van der Waals surface area contributed by atoms with Gasteiger partial charge in [0.1, 0.15) is 5.75 Å². The van der Waals surface area contributed by atoms with Crippen LogP contribution in [0, 0.1) is 13.8 Å². The Balaban J connectivity index is 3.42. The molecule has 19 heavy (non-hydrogen) atoms. The molecule has 0 saturated heterocycles. The van der Waals surface area contributed by atoms with E-state index in [4.69, 9.17) is 21.4 Å². The number of hydrogen-bond donors (Lipinski definition) is 1. The zero-order valence-electron chi connectivity index (χ0n) is 11.7. The van der Waals surface area contributed by atoms with Gasteiger partial charge in [-0.15, -0.1) is 0 Å². The number of methoxy groups -OCH3 is 1. The molecule has 3 nitrogen and oxygen atoms in total. The molecule has 1 aromatic rings. The molecule has 0 unspecified atom stereocenters. The zero-order chi connectivity index (χ0) is 14.6. The Morgan fingerprint density at radius 1 is 1.47 bits per heavy atom. The largest absolute Gasteiger partial charge is 0.496 e. The summed E-state index contributed by atoms with van der Waals surface area (Å²) in [4.78, 5) is 10.7. The Morgan fingerprint density at radius 2 is 2.11 bits per heavy atom. The van der Waals surface area contributed by atoms with Crippen LogP contribution in [-0.4, -0.2) is 18.2 Å². The van der Waals surface area contributed by atoms with Crippen molar-refractivity contribution in [3.8, 4) is 5.75 Å². The van der Waals surface area contributed by atoms with E-state index < -0.39 is 5.97 Å². The fourth-order valence-corrected chi connectivity index (χ4v) is 2.27. The zero-order valence-corrected chi connectivity index (χ0v) is 12.5. The van der Waals surface area contributed by atoms with Crippen molar-refractivity contribution in [3.05, 3.63) is 33.9 Å². The molecule has 1 aromatic carbocycles. The van der Waals surface area contributed by atoms with Crippen molar-refractivity contribution >= 4 is 23.1 Å². The summed E-state index contributed by atoms with van der Waals surface area (Å²) in [6.07, 6.45) is 2.44. The van der Waals surface area contributed by atoms with Crippen molar-refractivity contribution < 1.29 is 14.6 Å². The number of allylic oxidation sites excluding steroid dienone is 1. The SMILES string of the molecule is CC/C(=C\CC(=O)O)c1c(OC)cc(C)c(Cl)c1C. The summed E-state index contributed by atoms with van der Waals surface area (Å²) in [5.41, 5.74) is 3.73. The highest BCUT2D eigenvalue weighted by atomic mass is 35.5. The summed E-state index contributed by atoms with van der Waals surface area (Å²) in [5, 5.41) is 9.50. The molecule has 0 aromatic heterocycles. The van der Waals surface area contributed by atoms with Crippen molar-refractivity contribution in [1.82, 2.24) is 0 Å². The molecule has 0 aliphatic rings. The van der Waals surface area contributed by atoms with Gasteiger partial charge in [0.2, 0.25) is 0 Å². The van der Waals surface area contributed by atoms with Crippen molar-refractivity contribution in [1.29, 1.82) is 0 Å². The fourth-order valence-electron chi connectivity index (χ4n) is 2.12. The highest BCUT2D eigenvalue weighted by Crippen LogP contribution is 2.37. The van der Waals surface area contributed by atoms with Crippen molar-refractivity contribution in [2.75, 3.05) is 7.11 Å². The Labute approximate surface area is 118 Å². The van der Waals surface area contributed by atoms with E-state index in [1.807, 2.05) is 26.8 Å². The lowest BCUT2D eigenvalue weighted by molar-refractivity contribution is -0.135. The van der Waals surface area contributed by atoms with Crippen molar-refractivity contribution in [2.45, 2.75) is 33.6 Å². The second-order valence-electron chi connectivity index (χ2n) is 4.39. The number of carboxylic acid groups (broad SMARTS) is 1. The minimum Gasteiger partial charge on any atom is -0.496 e. The van der Waals surface area contributed by atoms with Gasteiger partial charge in [-0.25, -0.2) is 0 Å². The van der Waals surface area contributed by atoms with Gasteiger partial charge < -0.3 is 9.84 Å². The number of rotatable bonds is 5. The van der Waals surface area contributed by atoms with Crippen LogP contribution in [0.15, 0.2) is 12.1 Å². The monoisotopic (exact) mass is 282 g/mol. The molecule has 0 aliphatic carbocycles. The highest BCUT2D eigenvalue weighted by molar-refractivity contribution is 6.32. The molecule has 0 bridgehead atoms. The smallest absolute Gasteiger partial charge is 0.307 e. The Kier molecular flexibility index (Phi) is 5.43. The summed E-state index contributed by atoms with van der Waals surface area (Å²) in [6.45, 7) is 5.84. The lowest BCUT2D eigenvalue weighted by atomic mass is 9.94. The first-order valence-electron chi connectivity index (χ1n) is 6.17. The number of aryl methyl sites for hydroxylation is 1. The third-order valence-corrected chi connectivity index (χ3v) is 3.67. The van der Waals surface area contributed by atoms with Crippen LogP contribution >= 0.6 is 11.6 Å². The van der Waals surface area contributed by atoms with Gasteiger partial charge in [-0.05, 0) is 43.0 Å². The van der Waals surface area contributed by atoms with Crippen LogP contribution in [0.1, 0.15) is 36.5 Å². The fraction of sp³-hybridized carbons (Fsp3) is 0.400. The maximum absolute atomic E-state index is 10.7. The molecule has 0 aliphatic heterocycles. The van der Waals surface area contributed by atoms with Crippen LogP contribution in [0.4, 0.5) is 0 Å². The molecule has 0 heterocycles. The normalized spacial score (nSPS) is 11.5. The number of halogens is 1. The molecule has 0 saturated carbocycles. The maximum Gasteiger partial charge on any atom is 0.307 e. The van der Waals surface area contributed by atoms with E-state index in [-0.39, 0.29) is 6.42 Å². The van der Waals surface area contributed by atoms with Gasteiger partial charge in [0.05, 0.1) is 13.5 Å². The van der Waals surface area contributed by atoms with Crippen LogP contribution in [0.2, 0.25) is 5.02 Å². The van der Waals surface area contributed by atoms with E-state index in [2.05, 4.69) is 0 Å². The molecule has 0 spiro atoms. The average Bonchev–Trinajstić information content (AvgIpc) is 2.38. The molecule has 4 heteroatoms. The molecule has 1 rings (SSSR count). The first kappa shape index (κ1) is 15.6. The topological polar surface area (TPSA) is 46.5 Å². The molecule has 0 fully saturated rings. The second-order valence-corrected chi connectivity index (χ2v) is 4.77. The van der Waals surface area contributed by atoms with E-state index in [1.54, 1.807) is 13.2 Å². The van der Waals surface area contributed by atoms with E-state index in [1.165, 1.54) is 0 Å². The molecule has 0 atom stereocenters. The molecule has 0 radical (unpaired) electrons. The van der Waals surface area contributed by atoms with Crippen LogP contribution in [-0.2, 0) is 4.79 Å². The van der Waals surface area contributed by atoms with E-state index in [9.17, 15) is 4.79 Å².